The Hall–Kier alpha value is -3.19. The maximum Gasteiger partial charge on any atom is 0.0633 e. The highest BCUT2D eigenvalue weighted by molar-refractivity contribution is 7.09. The Morgan fingerprint density at radius 2 is 1.66 bits per heavy atom. The van der Waals surface area contributed by atoms with Gasteiger partial charge in [-0.25, -0.2) is 0 Å². The molecule has 0 bridgehead atoms. The highest BCUT2D eigenvalue weighted by Gasteiger charge is 2.16. The molecule has 0 atom stereocenters. The van der Waals surface area contributed by atoms with Gasteiger partial charge in [-0.2, -0.15) is 0 Å². The normalized spacial score (nSPS) is 13.7. The molecule has 0 radical (unpaired) electrons. The largest absolute Gasteiger partial charge is 0.398 e. The Labute approximate surface area is 253 Å². The number of nitrogen functional groups attached to an aromatic ring is 2. The van der Waals surface area contributed by atoms with E-state index in [9.17, 15) is 0 Å². The maximum absolute atomic E-state index is 8.40. The summed E-state index contributed by atoms with van der Waals surface area (Å²) < 4.78 is 0. The van der Waals surface area contributed by atoms with Gasteiger partial charge in [-0.1, -0.05) is 69.5 Å². The van der Waals surface area contributed by atoms with Crippen LogP contribution in [0.3, 0.4) is 0 Å². The number of hydrogen-bond acceptors (Lipinski definition) is 6. The number of hydrogen-bond donors (Lipinski definition) is 3. The Bertz CT molecular complexity index is 1190. The van der Waals surface area contributed by atoms with Gasteiger partial charge in [0.2, 0.25) is 0 Å². The number of unbranched alkanes of at least 4 members (excludes halogenated alkanes) is 3. The third kappa shape index (κ3) is 12.1. The average molecular weight is 574 g/mol. The molecule has 0 spiro atoms. The summed E-state index contributed by atoms with van der Waals surface area (Å²) in [6, 6.07) is 16.4. The maximum atomic E-state index is 8.40. The zero-order chi connectivity index (χ0) is 30.0. The highest BCUT2D eigenvalue weighted by Crippen LogP contribution is 2.21. The van der Waals surface area contributed by atoms with Gasteiger partial charge in [0, 0.05) is 54.5 Å². The van der Waals surface area contributed by atoms with Gasteiger partial charge >= 0.3 is 0 Å². The van der Waals surface area contributed by atoms with E-state index in [1.165, 1.54) is 62.2 Å². The van der Waals surface area contributed by atoms with Crippen LogP contribution < -0.4 is 11.5 Å². The molecule has 5 N–H and O–H groups in total. The Kier molecular flexibility index (Phi) is 15.8. The van der Waals surface area contributed by atoms with Crippen molar-refractivity contribution in [1.82, 2.24) is 9.80 Å². The fourth-order valence-corrected chi connectivity index (χ4v) is 5.41. The second kappa shape index (κ2) is 19.0. The third-order valence-electron chi connectivity index (χ3n) is 7.25. The molecular weight excluding hydrogens is 522 g/mol. The lowest BCUT2D eigenvalue weighted by Crippen LogP contribution is -2.46. The van der Waals surface area contributed by atoms with Crippen molar-refractivity contribution in [3.63, 3.8) is 0 Å². The van der Waals surface area contributed by atoms with Gasteiger partial charge in [-0.05, 0) is 72.7 Å². The van der Waals surface area contributed by atoms with Gasteiger partial charge in [-0.15, -0.1) is 24.5 Å². The van der Waals surface area contributed by atoms with Crippen molar-refractivity contribution in [2.24, 2.45) is 0 Å². The quantitative estimate of drug-likeness (QED) is 0.0938. The number of allylic oxidation sites excluding steroid dienone is 1. The van der Waals surface area contributed by atoms with Crippen molar-refractivity contribution in [1.29, 1.82) is 5.41 Å². The first-order valence-corrected chi connectivity index (χ1v) is 15.8. The van der Waals surface area contributed by atoms with Gasteiger partial charge in [0.1, 0.15) is 0 Å². The summed E-state index contributed by atoms with van der Waals surface area (Å²) in [5, 5.41) is 10.5. The van der Waals surface area contributed by atoms with Crippen LogP contribution in [0.4, 0.5) is 11.4 Å². The minimum atomic E-state index is 0.370. The van der Waals surface area contributed by atoms with Crippen LogP contribution in [0.5, 0.6) is 0 Å². The second-order valence-corrected chi connectivity index (χ2v) is 11.4. The Balaban J connectivity index is 0.000000561. The summed E-state index contributed by atoms with van der Waals surface area (Å²) in [6.07, 6.45) is 10.3. The van der Waals surface area contributed by atoms with Gasteiger partial charge in [-0.3, -0.25) is 4.90 Å². The SMILES string of the molecule is C=C.CCCCCCN1CCN(Cc2cccc(/C=C/C(=N)c3cc(N)c(C)cc3N)c2)CC1.CCc1cccs1. The van der Waals surface area contributed by atoms with Crippen LogP contribution in [0.2, 0.25) is 0 Å². The Morgan fingerprint density at radius 1 is 0.927 bits per heavy atom. The first kappa shape index (κ1) is 34.0. The molecule has 1 saturated heterocycles. The van der Waals surface area contributed by atoms with Gasteiger partial charge in [0.25, 0.3) is 0 Å². The lowest BCUT2D eigenvalue weighted by atomic mass is 10.0. The standard InChI is InChI=1S/C27H39N5.C6H8S.C2H4/c1-3-4-5-6-12-31-13-15-32(16-14-31)20-23-9-7-8-22(18-23)10-11-25(28)24-19-26(29)21(2)17-27(24)30;1-2-6-4-3-5-7-6;1-2/h7-11,17-19,28H,3-6,12-16,20,29-30H2,1-2H3;3-5H,2H2,1H3;1-2H2/b11-10+,28-25?;;. The van der Waals surface area contributed by atoms with Crippen molar-refractivity contribution in [2.75, 3.05) is 44.2 Å². The minimum Gasteiger partial charge on any atom is -0.398 e. The van der Waals surface area contributed by atoms with E-state index < -0.39 is 0 Å². The number of anilines is 2. The summed E-state index contributed by atoms with van der Waals surface area (Å²) in [5.74, 6) is 0. The molecule has 6 heteroatoms. The van der Waals surface area contributed by atoms with E-state index in [0.29, 0.717) is 22.6 Å². The lowest BCUT2D eigenvalue weighted by molar-refractivity contribution is 0.125. The van der Waals surface area contributed by atoms with Crippen molar-refractivity contribution in [3.05, 3.63) is 100 Å². The summed E-state index contributed by atoms with van der Waals surface area (Å²) in [7, 11) is 0. The molecule has 41 heavy (non-hydrogen) atoms. The molecule has 5 nitrogen and oxygen atoms in total. The fraction of sp³-hybridized carbons (Fsp3) is 0.400. The molecule has 4 rings (SSSR count). The molecule has 0 saturated carbocycles. The summed E-state index contributed by atoms with van der Waals surface area (Å²) in [5.41, 5.74) is 17.7. The molecule has 1 aliphatic heterocycles. The molecule has 0 unspecified atom stereocenters. The first-order valence-electron chi connectivity index (χ1n) is 14.9. The summed E-state index contributed by atoms with van der Waals surface area (Å²) >= 11 is 1.82. The van der Waals surface area contributed by atoms with Crippen LogP contribution in [0, 0.1) is 12.3 Å². The van der Waals surface area contributed by atoms with Crippen molar-refractivity contribution in [3.8, 4) is 0 Å². The zero-order valence-corrected chi connectivity index (χ0v) is 26.3. The smallest absolute Gasteiger partial charge is 0.0633 e. The molecule has 2 heterocycles. The molecule has 1 fully saturated rings. The van der Waals surface area contributed by atoms with Crippen LogP contribution in [0.1, 0.15) is 66.7 Å². The van der Waals surface area contributed by atoms with Crippen molar-refractivity contribution in [2.45, 2.75) is 59.4 Å². The number of benzene rings is 2. The zero-order valence-electron chi connectivity index (χ0n) is 25.5. The molecular formula is C35H51N5S. The van der Waals surface area contributed by atoms with Crippen molar-refractivity contribution >= 4 is 34.5 Å². The predicted molar refractivity (Wildman–Crippen MR) is 183 cm³/mol. The van der Waals surface area contributed by atoms with Crippen LogP contribution in [-0.2, 0) is 13.0 Å². The number of nitrogens with zero attached hydrogens (tertiary/aromatic N) is 2. The third-order valence-corrected chi connectivity index (χ3v) is 8.27. The first-order chi connectivity index (χ1) is 19.9. The molecule has 0 aliphatic carbocycles. The number of aryl methyl sites for hydroxylation is 2. The van der Waals surface area contributed by atoms with Gasteiger partial charge in [0.15, 0.2) is 0 Å². The van der Waals surface area contributed by atoms with Crippen LogP contribution in [-0.4, -0.2) is 48.2 Å². The molecule has 2 aromatic carbocycles. The summed E-state index contributed by atoms with van der Waals surface area (Å²) in [6.45, 7) is 19.2. The molecule has 1 aromatic heterocycles. The number of rotatable bonds is 11. The second-order valence-electron chi connectivity index (χ2n) is 10.4. The topological polar surface area (TPSA) is 82.4 Å². The molecule has 3 aromatic rings. The number of nitrogens with two attached hydrogens (primary N) is 2. The van der Waals surface area contributed by atoms with E-state index >= 15 is 0 Å². The Morgan fingerprint density at radius 3 is 2.29 bits per heavy atom. The monoisotopic (exact) mass is 573 g/mol. The highest BCUT2D eigenvalue weighted by atomic mass is 32.1. The van der Waals surface area contributed by atoms with Crippen LogP contribution in [0.25, 0.3) is 6.08 Å². The number of thiophene rings is 1. The van der Waals surface area contributed by atoms with E-state index in [-0.39, 0.29) is 0 Å². The van der Waals surface area contributed by atoms with E-state index in [1.54, 1.807) is 12.1 Å². The average Bonchev–Trinajstić information content (AvgIpc) is 3.53. The van der Waals surface area contributed by atoms with E-state index in [0.717, 1.165) is 30.8 Å². The van der Waals surface area contributed by atoms with E-state index in [1.807, 2.05) is 30.4 Å². The fourth-order valence-electron chi connectivity index (χ4n) is 4.75. The van der Waals surface area contributed by atoms with Crippen LogP contribution >= 0.6 is 11.3 Å². The minimum absolute atomic E-state index is 0.370. The predicted octanol–water partition coefficient (Wildman–Crippen LogP) is 8.05. The molecule has 0 amide bonds. The van der Waals surface area contributed by atoms with Gasteiger partial charge in [0.05, 0.1) is 5.71 Å². The molecule has 222 valence electrons. The van der Waals surface area contributed by atoms with Crippen LogP contribution in [0.15, 0.2) is 73.1 Å². The van der Waals surface area contributed by atoms with Gasteiger partial charge < -0.3 is 21.8 Å². The number of nitrogens with one attached hydrogen (secondary N) is 1. The van der Waals surface area contributed by atoms with E-state index in [2.05, 4.69) is 78.6 Å². The summed E-state index contributed by atoms with van der Waals surface area (Å²) in [4.78, 5) is 6.63. The van der Waals surface area contributed by atoms with E-state index in [4.69, 9.17) is 16.9 Å². The van der Waals surface area contributed by atoms with Crippen molar-refractivity contribution < 1.29 is 0 Å². The molecule has 1 aliphatic rings. The lowest BCUT2D eigenvalue weighted by Gasteiger charge is -2.34. The number of piperazine rings is 1.